The second-order valence-electron chi connectivity index (χ2n) is 7.29. The first kappa shape index (κ1) is 15.3. The number of hydrogen-bond acceptors (Lipinski definition) is 2. The molecule has 1 saturated carbocycles. The van der Waals surface area contributed by atoms with E-state index in [9.17, 15) is 0 Å². The van der Waals surface area contributed by atoms with Crippen LogP contribution in [0.2, 0.25) is 5.02 Å². The van der Waals surface area contributed by atoms with E-state index in [0.717, 1.165) is 24.8 Å². The fourth-order valence-corrected chi connectivity index (χ4v) is 4.30. The summed E-state index contributed by atoms with van der Waals surface area (Å²) in [5.41, 5.74) is 2.25. The number of rotatable bonds is 4. The summed E-state index contributed by atoms with van der Waals surface area (Å²) in [7, 11) is 0. The molecule has 3 heteroatoms. The summed E-state index contributed by atoms with van der Waals surface area (Å²) < 4.78 is 5.56. The molecule has 3 rings (SSSR count). The standard InChI is InChI=1S/C18H26ClNO/c1-14(2)20-13-18(15-3-5-16(19)6-4-15)11-17(12-18)7-9-21-10-8-17/h3-6,14,20H,7-13H2,1-2H3. The van der Waals surface area contributed by atoms with Crippen molar-refractivity contribution in [3.8, 4) is 0 Å². The number of halogens is 1. The molecule has 1 aliphatic carbocycles. The van der Waals surface area contributed by atoms with Gasteiger partial charge in [-0.2, -0.15) is 0 Å². The van der Waals surface area contributed by atoms with Crippen molar-refractivity contribution in [1.82, 2.24) is 5.32 Å². The van der Waals surface area contributed by atoms with Crippen molar-refractivity contribution in [2.24, 2.45) is 5.41 Å². The molecular weight excluding hydrogens is 282 g/mol. The Balaban J connectivity index is 1.78. The molecule has 1 saturated heterocycles. The summed E-state index contributed by atoms with van der Waals surface area (Å²) in [5, 5.41) is 4.48. The van der Waals surface area contributed by atoms with Crippen LogP contribution in [-0.2, 0) is 10.2 Å². The van der Waals surface area contributed by atoms with Gasteiger partial charge in [0, 0.05) is 36.2 Å². The van der Waals surface area contributed by atoms with Gasteiger partial charge in [-0.1, -0.05) is 37.6 Å². The third kappa shape index (κ3) is 3.13. The summed E-state index contributed by atoms with van der Waals surface area (Å²) in [6, 6.07) is 9.03. The average molecular weight is 308 g/mol. The van der Waals surface area contributed by atoms with Gasteiger partial charge in [0.1, 0.15) is 0 Å². The highest BCUT2D eigenvalue weighted by atomic mass is 35.5. The van der Waals surface area contributed by atoms with Crippen LogP contribution in [0.15, 0.2) is 24.3 Å². The topological polar surface area (TPSA) is 21.3 Å². The van der Waals surface area contributed by atoms with Crippen molar-refractivity contribution < 1.29 is 4.74 Å². The van der Waals surface area contributed by atoms with Crippen molar-refractivity contribution >= 4 is 11.6 Å². The van der Waals surface area contributed by atoms with Crippen LogP contribution < -0.4 is 5.32 Å². The van der Waals surface area contributed by atoms with E-state index in [1.807, 2.05) is 12.1 Å². The summed E-state index contributed by atoms with van der Waals surface area (Å²) in [4.78, 5) is 0. The highest BCUT2D eigenvalue weighted by Crippen LogP contribution is 2.60. The van der Waals surface area contributed by atoms with E-state index >= 15 is 0 Å². The van der Waals surface area contributed by atoms with E-state index < -0.39 is 0 Å². The van der Waals surface area contributed by atoms with E-state index in [4.69, 9.17) is 16.3 Å². The molecule has 0 atom stereocenters. The average Bonchev–Trinajstić information content (AvgIpc) is 2.44. The van der Waals surface area contributed by atoms with Crippen LogP contribution >= 0.6 is 11.6 Å². The predicted molar refractivity (Wildman–Crippen MR) is 88.0 cm³/mol. The first-order valence-corrected chi connectivity index (χ1v) is 8.49. The quantitative estimate of drug-likeness (QED) is 0.901. The summed E-state index contributed by atoms with van der Waals surface area (Å²) >= 11 is 6.06. The minimum absolute atomic E-state index is 0.284. The minimum atomic E-state index is 0.284. The molecule has 0 radical (unpaired) electrons. The highest BCUT2D eigenvalue weighted by Gasteiger charge is 2.54. The summed E-state index contributed by atoms with van der Waals surface area (Å²) in [5.74, 6) is 0. The SMILES string of the molecule is CC(C)NCC1(c2ccc(Cl)cc2)CC2(CCOCC2)C1. The van der Waals surface area contributed by atoms with Gasteiger partial charge < -0.3 is 10.1 Å². The van der Waals surface area contributed by atoms with Crippen molar-refractivity contribution in [3.63, 3.8) is 0 Å². The number of benzene rings is 1. The molecule has 0 aromatic heterocycles. The Kier molecular flexibility index (Phi) is 4.31. The van der Waals surface area contributed by atoms with Crippen molar-refractivity contribution in [2.75, 3.05) is 19.8 Å². The maximum atomic E-state index is 6.06. The van der Waals surface area contributed by atoms with Gasteiger partial charge in [-0.15, -0.1) is 0 Å². The molecular formula is C18H26ClNO. The van der Waals surface area contributed by atoms with Crippen LogP contribution in [0.5, 0.6) is 0 Å². The van der Waals surface area contributed by atoms with Crippen LogP contribution in [-0.4, -0.2) is 25.8 Å². The van der Waals surface area contributed by atoms with Crippen molar-refractivity contribution in [1.29, 1.82) is 0 Å². The summed E-state index contributed by atoms with van der Waals surface area (Å²) in [6.45, 7) is 7.38. The first-order valence-electron chi connectivity index (χ1n) is 8.11. The Labute approximate surface area is 133 Å². The van der Waals surface area contributed by atoms with Gasteiger partial charge in [0.25, 0.3) is 0 Å². The molecule has 2 aliphatic rings. The van der Waals surface area contributed by atoms with Gasteiger partial charge in [-0.25, -0.2) is 0 Å². The molecule has 2 fully saturated rings. The third-order valence-electron chi connectivity index (χ3n) is 5.29. The Morgan fingerprint density at radius 1 is 1.14 bits per heavy atom. The zero-order valence-electron chi connectivity index (χ0n) is 13.1. The van der Waals surface area contributed by atoms with Crippen LogP contribution in [0.3, 0.4) is 0 Å². The molecule has 0 amide bonds. The zero-order chi connectivity index (χ0) is 14.9. The molecule has 0 unspecified atom stereocenters. The molecule has 116 valence electrons. The van der Waals surface area contributed by atoms with E-state index in [-0.39, 0.29) is 5.41 Å². The van der Waals surface area contributed by atoms with Crippen LogP contribution in [0.4, 0.5) is 0 Å². The van der Waals surface area contributed by atoms with Gasteiger partial charge in [0.2, 0.25) is 0 Å². The fraction of sp³-hybridized carbons (Fsp3) is 0.667. The zero-order valence-corrected chi connectivity index (χ0v) is 13.9. The number of nitrogens with one attached hydrogen (secondary N) is 1. The lowest BCUT2D eigenvalue weighted by Crippen LogP contribution is -2.57. The Bertz CT molecular complexity index is 468. The van der Waals surface area contributed by atoms with Crippen molar-refractivity contribution in [2.45, 2.75) is 51.0 Å². The maximum absolute atomic E-state index is 6.06. The van der Waals surface area contributed by atoms with Crippen LogP contribution in [0.25, 0.3) is 0 Å². The second-order valence-corrected chi connectivity index (χ2v) is 7.73. The number of ether oxygens (including phenoxy) is 1. The van der Waals surface area contributed by atoms with Crippen LogP contribution in [0, 0.1) is 5.41 Å². The van der Waals surface area contributed by atoms with E-state index in [0.29, 0.717) is 11.5 Å². The molecule has 1 aromatic carbocycles. The van der Waals surface area contributed by atoms with E-state index in [1.54, 1.807) is 0 Å². The highest BCUT2D eigenvalue weighted by molar-refractivity contribution is 6.30. The predicted octanol–water partition coefficient (Wildman–Crippen LogP) is 4.17. The fourth-order valence-electron chi connectivity index (χ4n) is 4.18. The molecule has 1 heterocycles. The smallest absolute Gasteiger partial charge is 0.0471 e. The Hall–Kier alpha value is -0.570. The van der Waals surface area contributed by atoms with Gasteiger partial charge in [-0.05, 0) is 48.8 Å². The van der Waals surface area contributed by atoms with E-state index in [1.165, 1.54) is 31.2 Å². The lowest BCUT2D eigenvalue weighted by Gasteiger charge is -2.59. The Morgan fingerprint density at radius 2 is 1.76 bits per heavy atom. The summed E-state index contributed by atoms with van der Waals surface area (Å²) in [6.07, 6.45) is 5.02. The number of hydrogen-bond donors (Lipinski definition) is 1. The third-order valence-corrected chi connectivity index (χ3v) is 5.54. The molecule has 1 aromatic rings. The lowest BCUT2D eigenvalue weighted by molar-refractivity contribution is -0.0741. The molecule has 21 heavy (non-hydrogen) atoms. The maximum Gasteiger partial charge on any atom is 0.0471 e. The Morgan fingerprint density at radius 3 is 2.33 bits per heavy atom. The van der Waals surface area contributed by atoms with E-state index in [2.05, 4.69) is 31.3 Å². The normalized spacial score (nSPS) is 23.2. The molecule has 1 spiro atoms. The molecule has 2 nitrogen and oxygen atoms in total. The van der Waals surface area contributed by atoms with Gasteiger partial charge >= 0.3 is 0 Å². The first-order chi connectivity index (χ1) is 10.0. The van der Waals surface area contributed by atoms with Gasteiger partial charge in [0.15, 0.2) is 0 Å². The molecule has 1 N–H and O–H groups in total. The lowest BCUT2D eigenvalue weighted by atomic mass is 9.48. The monoisotopic (exact) mass is 307 g/mol. The second kappa shape index (κ2) is 5.91. The molecule has 1 aliphatic heterocycles. The van der Waals surface area contributed by atoms with Crippen LogP contribution in [0.1, 0.15) is 45.1 Å². The van der Waals surface area contributed by atoms with Crippen molar-refractivity contribution in [3.05, 3.63) is 34.9 Å². The minimum Gasteiger partial charge on any atom is -0.381 e. The largest absolute Gasteiger partial charge is 0.381 e. The molecule has 0 bridgehead atoms. The van der Waals surface area contributed by atoms with Gasteiger partial charge in [-0.3, -0.25) is 0 Å². The van der Waals surface area contributed by atoms with Gasteiger partial charge in [0.05, 0.1) is 0 Å².